The van der Waals surface area contributed by atoms with Gasteiger partial charge in [-0.05, 0) is 69.7 Å². The molecule has 5 rings (SSSR count). The van der Waals surface area contributed by atoms with Gasteiger partial charge in [0.25, 0.3) is 5.91 Å². The van der Waals surface area contributed by atoms with Gasteiger partial charge in [-0.3, -0.25) is 9.69 Å². The molecular weight excluding hydrogens is 540 g/mol. The molecule has 0 atom stereocenters. The van der Waals surface area contributed by atoms with Crippen LogP contribution in [-0.4, -0.2) is 69.9 Å². The third-order valence-electron chi connectivity index (χ3n) is 7.87. The van der Waals surface area contributed by atoms with E-state index in [2.05, 4.69) is 39.6 Å². The number of fused-ring (bicyclic) bond motifs is 1. The molecule has 3 heterocycles. The fraction of sp³-hybridized carbons (Fsp3) is 0.469. The van der Waals surface area contributed by atoms with E-state index in [0.717, 1.165) is 38.5 Å². The van der Waals surface area contributed by atoms with Crippen LogP contribution in [0.15, 0.2) is 48.7 Å². The fourth-order valence-electron chi connectivity index (χ4n) is 5.78. The molecule has 42 heavy (non-hydrogen) atoms. The first-order valence-electron chi connectivity index (χ1n) is 14.7. The lowest BCUT2D eigenvalue weighted by molar-refractivity contribution is 0.0203. The zero-order valence-corrected chi connectivity index (χ0v) is 24.5. The number of rotatable bonds is 7. The summed E-state index contributed by atoms with van der Waals surface area (Å²) in [5.41, 5.74) is 3.16. The zero-order valence-electron chi connectivity index (χ0n) is 24.5. The molecule has 224 valence electrons. The van der Waals surface area contributed by atoms with E-state index in [0.29, 0.717) is 43.7 Å². The first-order chi connectivity index (χ1) is 20.1. The van der Waals surface area contributed by atoms with Crippen molar-refractivity contribution in [3.8, 4) is 5.69 Å². The highest BCUT2D eigenvalue weighted by Gasteiger charge is 2.32. The van der Waals surface area contributed by atoms with Gasteiger partial charge in [0.05, 0.1) is 17.5 Å². The van der Waals surface area contributed by atoms with E-state index in [4.69, 9.17) is 4.74 Å². The van der Waals surface area contributed by atoms with Gasteiger partial charge in [-0.1, -0.05) is 24.3 Å². The Kier molecular flexibility index (Phi) is 8.91. The number of aromatic nitrogens is 2. The summed E-state index contributed by atoms with van der Waals surface area (Å²) >= 11 is 0. The second kappa shape index (κ2) is 12.6. The minimum atomic E-state index is -0.763. The van der Waals surface area contributed by atoms with Gasteiger partial charge in [0.1, 0.15) is 17.1 Å². The van der Waals surface area contributed by atoms with Gasteiger partial charge in [-0.25, -0.2) is 18.3 Å². The van der Waals surface area contributed by atoms with Crippen LogP contribution in [0.1, 0.15) is 73.1 Å². The predicted octanol–water partition coefficient (Wildman–Crippen LogP) is 5.44. The highest BCUT2D eigenvalue weighted by atomic mass is 19.1. The summed E-state index contributed by atoms with van der Waals surface area (Å²) < 4.78 is 35.5. The Morgan fingerprint density at radius 3 is 2.50 bits per heavy atom. The van der Waals surface area contributed by atoms with Crippen molar-refractivity contribution in [2.45, 2.75) is 64.5 Å². The lowest BCUT2D eigenvalue weighted by Gasteiger charge is -2.34. The van der Waals surface area contributed by atoms with Crippen molar-refractivity contribution < 1.29 is 23.1 Å². The van der Waals surface area contributed by atoms with Gasteiger partial charge < -0.3 is 15.0 Å². The second-order valence-corrected chi connectivity index (χ2v) is 12.1. The van der Waals surface area contributed by atoms with Crippen molar-refractivity contribution in [1.29, 1.82) is 0 Å². The molecule has 1 fully saturated rings. The molecule has 8 nitrogen and oxygen atoms in total. The fourth-order valence-corrected chi connectivity index (χ4v) is 5.78. The molecule has 0 aliphatic carbocycles. The van der Waals surface area contributed by atoms with Crippen LogP contribution in [0.25, 0.3) is 5.69 Å². The number of benzene rings is 2. The van der Waals surface area contributed by atoms with Gasteiger partial charge in [0.15, 0.2) is 5.82 Å². The first kappa shape index (κ1) is 29.7. The summed E-state index contributed by atoms with van der Waals surface area (Å²) in [4.78, 5) is 30.1. The molecule has 3 aromatic rings. The number of nitrogens with zero attached hydrogens (tertiary/aromatic N) is 4. The molecule has 10 heteroatoms. The number of carbonyl (C=O) groups excluding carboxylic acids is 2. The zero-order chi connectivity index (χ0) is 29.9. The van der Waals surface area contributed by atoms with E-state index in [1.165, 1.54) is 34.1 Å². The number of ether oxygens (including phenoxy) is 1. The summed E-state index contributed by atoms with van der Waals surface area (Å²) in [6, 6.07) is 11.8. The molecule has 0 spiro atoms. The Labute approximate surface area is 245 Å². The number of hydrogen-bond donors (Lipinski definition) is 1. The molecule has 2 aromatic carbocycles. The summed E-state index contributed by atoms with van der Waals surface area (Å²) in [6.07, 6.45) is 3.98. The molecule has 0 radical (unpaired) electrons. The van der Waals surface area contributed by atoms with Crippen LogP contribution < -0.4 is 5.32 Å². The maximum atomic E-state index is 14.9. The van der Waals surface area contributed by atoms with Crippen molar-refractivity contribution in [2.24, 2.45) is 0 Å². The summed E-state index contributed by atoms with van der Waals surface area (Å²) in [5.74, 6) is -1.89. The molecule has 2 amide bonds. The smallest absolute Gasteiger partial charge is 0.410 e. The van der Waals surface area contributed by atoms with Crippen LogP contribution in [0.4, 0.5) is 13.6 Å². The SMILES string of the molecule is CC(C)(C)OC(=O)N1CCC(c2c(C(=O)NCCCN3CCc4ccccc4C3)cnn2-c2ccc(F)cc2F)CC1. The molecule has 0 saturated carbocycles. The van der Waals surface area contributed by atoms with Gasteiger partial charge >= 0.3 is 6.09 Å². The lowest BCUT2D eigenvalue weighted by Crippen LogP contribution is -2.41. The molecule has 1 N–H and O–H groups in total. The van der Waals surface area contributed by atoms with Crippen LogP contribution in [0.2, 0.25) is 0 Å². The third-order valence-corrected chi connectivity index (χ3v) is 7.87. The maximum absolute atomic E-state index is 14.9. The van der Waals surface area contributed by atoms with Crippen molar-refractivity contribution in [1.82, 2.24) is 24.9 Å². The van der Waals surface area contributed by atoms with E-state index in [-0.39, 0.29) is 23.6 Å². The van der Waals surface area contributed by atoms with Crippen molar-refractivity contribution in [3.63, 3.8) is 0 Å². The van der Waals surface area contributed by atoms with Crippen molar-refractivity contribution >= 4 is 12.0 Å². The number of nitrogens with one attached hydrogen (secondary N) is 1. The summed E-state index contributed by atoms with van der Waals surface area (Å²) in [7, 11) is 0. The van der Waals surface area contributed by atoms with Gasteiger partial charge in [0, 0.05) is 51.3 Å². The lowest BCUT2D eigenvalue weighted by atomic mass is 9.90. The standard InChI is InChI=1S/C32H39F2N5O3/c1-32(2,3)42-31(41)38-17-12-23(13-18-38)29-26(20-36-39(29)28-10-9-25(33)19-27(28)34)30(40)35-14-6-15-37-16-11-22-7-4-5-8-24(22)21-37/h4-5,7-10,19-20,23H,6,11-18,21H2,1-3H3,(H,35,40). The number of amides is 2. The molecule has 0 unspecified atom stereocenters. The molecule has 2 aliphatic rings. The Morgan fingerprint density at radius 1 is 1.05 bits per heavy atom. The normalized spacial score (nSPS) is 16.3. The Balaban J connectivity index is 1.26. The molecule has 2 aliphatic heterocycles. The Hall–Kier alpha value is -3.79. The Morgan fingerprint density at radius 2 is 1.79 bits per heavy atom. The number of halogens is 2. The van der Waals surface area contributed by atoms with Gasteiger partial charge in [-0.2, -0.15) is 5.10 Å². The summed E-state index contributed by atoms with van der Waals surface area (Å²) in [6.45, 7) is 9.58. The van der Waals surface area contributed by atoms with Crippen LogP contribution in [-0.2, 0) is 17.7 Å². The number of hydrogen-bond acceptors (Lipinski definition) is 5. The largest absolute Gasteiger partial charge is 0.444 e. The first-order valence-corrected chi connectivity index (χ1v) is 14.7. The van der Waals surface area contributed by atoms with E-state index in [9.17, 15) is 18.4 Å². The summed E-state index contributed by atoms with van der Waals surface area (Å²) in [5, 5.41) is 7.40. The number of carbonyl (C=O) groups is 2. The number of piperidine rings is 1. The molecule has 1 aromatic heterocycles. The van der Waals surface area contributed by atoms with E-state index < -0.39 is 17.2 Å². The van der Waals surface area contributed by atoms with Gasteiger partial charge in [-0.15, -0.1) is 0 Å². The minimum Gasteiger partial charge on any atom is -0.444 e. The van der Waals surface area contributed by atoms with Crippen molar-refractivity contribution in [3.05, 3.63) is 82.7 Å². The molecular formula is C32H39F2N5O3. The average molecular weight is 580 g/mol. The van der Waals surface area contributed by atoms with Crippen LogP contribution in [0.3, 0.4) is 0 Å². The van der Waals surface area contributed by atoms with Crippen LogP contribution >= 0.6 is 0 Å². The maximum Gasteiger partial charge on any atom is 0.410 e. The van der Waals surface area contributed by atoms with Gasteiger partial charge in [0.2, 0.25) is 0 Å². The number of likely N-dealkylation sites (tertiary alicyclic amines) is 1. The van der Waals surface area contributed by atoms with Crippen molar-refractivity contribution in [2.75, 3.05) is 32.7 Å². The predicted molar refractivity (Wildman–Crippen MR) is 156 cm³/mol. The minimum absolute atomic E-state index is 0.0744. The van der Waals surface area contributed by atoms with E-state index in [1.54, 1.807) is 4.90 Å². The quantitative estimate of drug-likeness (QED) is 0.377. The highest BCUT2D eigenvalue weighted by Crippen LogP contribution is 2.33. The second-order valence-electron chi connectivity index (χ2n) is 12.1. The van der Waals surface area contributed by atoms with Crippen LogP contribution in [0, 0.1) is 11.6 Å². The van der Waals surface area contributed by atoms with E-state index in [1.807, 2.05) is 20.8 Å². The Bertz CT molecular complexity index is 1430. The monoisotopic (exact) mass is 579 g/mol. The third kappa shape index (κ3) is 6.98. The van der Waals surface area contributed by atoms with E-state index >= 15 is 0 Å². The van der Waals surface area contributed by atoms with Crippen LogP contribution in [0.5, 0.6) is 0 Å². The highest BCUT2D eigenvalue weighted by molar-refractivity contribution is 5.95. The average Bonchev–Trinajstić information content (AvgIpc) is 3.39. The molecule has 1 saturated heterocycles. The topological polar surface area (TPSA) is 79.7 Å². The molecule has 0 bridgehead atoms.